The van der Waals surface area contributed by atoms with Crippen molar-refractivity contribution in [1.82, 2.24) is 10.3 Å². The van der Waals surface area contributed by atoms with Crippen LogP contribution in [0.15, 0.2) is 5.38 Å². The minimum atomic E-state index is 0.262. The zero-order chi connectivity index (χ0) is 10.4. The third-order valence-electron chi connectivity index (χ3n) is 2.09. The number of nitrogens with one attached hydrogen (secondary N) is 1. The molecule has 1 heterocycles. The first kappa shape index (κ1) is 11.6. The van der Waals surface area contributed by atoms with Crippen LogP contribution in [-0.4, -0.2) is 31.8 Å². The van der Waals surface area contributed by atoms with E-state index in [1.807, 2.05) is 7.05 Å². The molecule has 0 amide bonds. The van der Waals surface area contributed by atoms with Gasteiger partial charge in [-0.15, -0.1) is 11.3 Å². The van der Waals surface area contributed by atoms with Gasteiger partial charge in [0.25, 0.3) is 0 Å². The largest absolute Gasteiger partial charge is 0.381 e. The van der Waals surface area contributed by atoms with E-state index in [9.17, 15) is 0 Å². The Labute approximate surface area is 89.5 Å². The van der Waals surface area contributed by atoms with Gasteiger partial charge in [-0.3, -0.25) is 0 Å². The Morgan fingerprint density at radius 1 is 1.64 bits per heavy atom. The van der Waals surface area contributed by atoms with Crippen LogP contribution in [0.4, 0.5) is 0 Å². The first-order valence-electron chi connectivity index (χ1n) is 4.87. The van der Waals surface area contributed by atoms with E-state index in [0.29, 0.717) is 0 Å². The molecule has 1 unspecified atom stereocenters. The molecule has 0 fully saturated rings. The summed E-state index contributed by atoms with van der Waals surface area (Å²) in [5, 5.41) is 6.42. The summed E-state index contributed by atoms with van der Waals surface area (Å²) in [6, 6.07) is 0. The lowest BCUT2D eigenvalue weighted by Crippen LogP contribution is -2.11. The molecular weight excluding hydrogens is 196 g/mol. The standard InChI is InChI=1S/C10H18N2OS/c1-8(13-3)6-10-12-9(7-14-10)4-5-11-2/h7-8,11H,4-6H2,1-3H3. The maximum atomic E-state index is 5.20. The fourth-order valence-corrected chi connectivity index (χ4v) is 2.08. The summed E-state index contributed by atoms with van der Waals surface area (Å²) >= 11 is 1.72. The summed E-state index contributed by atoms with van der Waals surface area (Å²) in [6.45, 7) is 3.05. The van der Waals surface area contributed by atoms with Crippen molar-refractivity contribution in [1.29, 1.82) is 0 Å². The topological polar surface area (TPSA) is 34.1 Å². The molecule has 0 radical (unpaired) electrons. The fraction of sp³-hybridized carbons (Fsp3) is 0.700. The first-order chi connectivity index (χ1) is 6.76. The molecule has 1 rings (SSSR count). The van der Waals surface area contributed by atoms with Gasteiger partial charge in [-0.1, -0.05) is 0 Å². The molecule has 1 aromatic rings. The van der Waals surface area contributed by atoms with Crippen LogP contribution in [0.5, 0.6) is 0 Å². The summed E-state index contributed by atoms with van der Waals surface area (Å²) in [6.07, 6.45) is 2.19. The van der Waals surface area contributed by atoms with Gasteiger partial charge in [-0.25, -0.2) is 4.98 Å². The number of likely N-dealkylation sites (N-methyl/N-ethyl adjacent to an activating group) is 1. The van der Waals surface area contributed by atoms with Crippen LogP contribution in [0.1, 0.15) is 17.6 Å². The van der Waals surface area contributed by atoms with E-state index in [2.05, 4.69) is 22.6 Å². The second kappa shape index (κ2) is 6.11. The van der Waals surface area contributed by atoms with Gasteiger partial charge >= 0.3 is 0 Å². The van der Waals surface area contributed by atoms with Crippen molar-refractivity contribution in [3.63, 3.8) is 0 Å². The lowest BCUT2D eigenvalue weighted by molar-refractivity contribution is 0.118. The first-order valence-corrected chi connectivity index (χ1v) is 5.75. The average Bonchev–Trinajstić information content (AvgIpc) is 2.62. The van der Waals surface area contributed by atoms with Crippen LogP contribution >= 0.6 is 11.3 Å². The monoisotopic (exact) mass is 214 g/mol. The minimum absolute atomic E-state index is 0.262. The molecule has 1 aromatic heterocycles. The maximum absolute atomic E-state index is 5.20. The van der Waals surface area contributed by atoms with Crippen LogP contribution in [0.25, 0.3) is 0 Å². The highest BCUT2D eigenvalue weighted by Crippen LogP contribution is 2.12. The van der Waals surface area contributed by atoms with Crippen molar-refractivity contribution in [2.75, 3.05) is 20.7 Å². The predicted molar refractivity (Wildman–Crippen MR) is 59.9 cm³/mol. The van der Waals surface area contributed by atoms with E-state index in [1.165, 1.54) is 10.7 Å². The minimum Gasteiger partial charge on any atom is -0.381 e. The van der Waals surface area contributed by atoms with Crippen molar-refractivity contribution in [2.45, 2.75) is 25.9 Å². The third kappa shape index (κ3) is 3.74. The Morgan fingerprint density at radius 2 is 2.43 bits per heavy atom. The van der Waals surface area contributed by atoms with E-state index in [4.69, 9.17) is 4.74 Å². The average molecular weight is 214 g/mol. The molecule has 0 aromatic carbocycles. The van der Waals surface area contributed by atoms with Gasteiger partial charge in [0.2, 0.25) is 0 Å². The quantitative estimate of drug-likeness (QED) is 0.779. The second-order valence-electron chi connectivity index (χ2n) is 3.34. The van der Waals surface area contributed by atoms with Crippen molar-refractivity contribution < 1.29 is 4.74 Å². The highest BCUT2D eigenvalue weighted by molar-refractivity contribution is 7.09. The number of hydrogen-bond acceptors (Lipinski definition) is 4. The van der Waals surface area contributed by atoms with Crippen LogP contribution in [-0.2, 0) is 17.6 Å². The smallest absolute Gasteiger partial charge is 0.0954 e. The lowest BCUT2D eigenvalue weighted by atomic mass is 10.3. The fourth-order valence-electron chi connectivity index (χ4n) is 1.14. The Hall–Kier alpha value is -0.450. The Morgan fingerprint density at radius 3 is 3.07 bits per heavy atom. The number of nitrogens with zero attached hydrogens (tertiary/aromatic N) is 1. The molecular formula is C10H18N2OS. The SMILES string of the molecule is CNCCc1csc(CC(C)OC)n1. The normalized spacial score (nSPS) is 13.1. The Kier molecular flexibility index (Phi) is 5.07. The molecule has 4 heteroatoms. The van der Waals surface area contributed by atoms with Gasteiger partial charge in [0.05, 0.1) is 16.8 Å². The molecule has 1 atom stereocenters. The molecule has 0 bridgehead atoms. The highest BCUT2D eigenvalue weighted by Gasteiger charge is 2.06. The van der Waals surface area contributed by atoms with Crippen molar-refractivity contribution in [3.8, 4) is 0 Å². The van der Waals surface area contributed by atoms with Crippen LogP contribution in [0, 0.1) is 0 Å². The number of rotatable bonds is 6. The molecule has 0 aliphatic carbocycles. The van der Waals surface area contributed by atoms with Crippen molar-refractivity contribution in [3.05, 3.63) is 16.1 Å². The van der Waals surface area contributed by atoms with Crippen molar-refractivity contribution in [2.24, 2.45) is 0 Å². The molecule has 0 saturated carbocycles. The zero-order valence-corrected chi connectivity index (χ0v) is 9.86. The second-order valence-corrected chi connectivity index (χ2v) is 4.28. The maximum Gasteiger partial charge on any atom is 0.0954 e. The van der Waals surface area contributed by atoms with Crippen LogP contribution in [0.2, 0.25) is 0 Å². The lowest BCUT2D eigenvalue weighted by Gasteiger charge is -2.05. The summed E-state index contributed by atoms with van der Waals surface area (Å²) < 4.78 is 5.20. The van der Waals surface area contributed by atoms with E-state index < -0.39 is 0 Å². The molecule has 0 spiro atoms. The number of ether oxygens (including phenoxy) is 1. The predicted octanol–water partition coefficient (Wildman–Crippen LogP) is 1.48. The molecule has 1 N–H and O–H groups in total. The van der Waals surface area contributed by atoms with Gasteiger partial charge < -0.3 is 10.1 Å². The summed E-state index contributed by atoms with van der Waals surface area (Å²) in [4.78, 5) is 4.53. The number of aromatic nitrogens is 1. The van der Waals surface area contributed by atoms with Crippen LogP contribution < -0.4 is 5.32 Å². The zero-order valence-electron chi connectivity index (χ0n) is 9.04. The third-order valence-corrected chi connectivity index (χ3v) is 3.01. The van der Waals surface area contributed by atoms with Gasteiger partial charge in [0, 0.05) is 31.9 Å². The molecule has 80 valence electrons. The molecule has 0 aliphatic rings. The molecule has 3 nitrogen and oxygen atoms in total. The van der Waals surface area contributed by atoms with E-state index >= 15 is 0 Å². The summed E-state index contributed by atoms with van der Waals surface area (Å²) in [5.74, 6) is 0. The summed E-state index contributed by atoms with van der Waals surface area (Å²) in [5.41, 5.74) is 1.18. The highest BCUT2D eigenvalue weighted by atomic mass is 32.1. The van der Waals surface area contributed by atoms with E-state index in [1.54, 1.807) is 18.4 Å². The van der Waals surface area contributed by atoms with E-state index in [-0.39, 0.29) is 6.10 Å². The van der Waals surface area contributed by atoms with E-state index in [0.717, 1.165) is 19.4 Å². The van der Waals surface area contributed by atoms with Gasteiger partial charge in [0.1, 0.15) is 0 Å². The number of methoxy groups -OCH3 is 1. The van der Waals surface area contributed by atoms with Crippen molar-refractivity contribution >= 4 is 11.3 Å². The Bertz CT molecular complexity index is 262. The van der Waals surface area contributed by atoms with Gasteiger partial charge in [-0.2, -0.15) is 0 Å². The van der Waals surface area contributed by atoms with Gasteiger partial charge in [-0.05, 0) is 14.0 Å². The summed E-state index contributed by atoms with van der Waals surface area (Å²) in [7, 11) is 3.69. The molecule has 0 saturated heterocycles. The molecule has 0 aliphatic heterocycles. The number of thiazole rings is 1. The van der Waals surface area contributed by atoms with Crippen LogP contribution in [0.3, 0.4) is 0 Å². The Balaban J connectivity index is 2.42. The van der Waals surface area contributed by atoms with Gasteiger partial charge in [0.15, 0.2) is 0 Å². The number of hydrogen-bond donors (Lipinski definition) is 1. The molecule has 14 heavy (non-hydrogen) atoms.